The number of carbonyl (C=O) groups is 2. The largest absolute Gasteiger partial charge is 0.337 e. The normalized spacial score (nSPS) is 20.3. The van der Waals surface area contributed by atoms with Crippen LogP contribution in [0.5, 0.6) is 0 Å². The van der Waals surface area contributed by atoms with Crippen molar-refractivity contribution in [3.63, 3.8) is 0 Å². The number of carbonyl (C=O) groups excluding carboxylic acids is 2. The molecule has 3 aliphatic rings. The van der Waals surface area contributed by atoms with Gasteiger partial charge in [-0.25, -0.2) is 0 Å². The SMILES string of the molecule is O=C(c1ccc(Cl)cc1Cl)N1CCN([C@H](C(=O)N2CCc3ccccc3C2)C2CCCC2)CC1. The van der Waals surface area contributed by atoms with E-state index < -0.39 is 0 Å². The Morgan fingerprint density at radius 2 is 1.56 bits per heavy atom. The summed E-state index contributed by atoms with van der Waals surface area (Å²) in [4.78, 5) is 33.2. The lowest BCUT2D eigenvalue weighted by Crippen LogP contribution is -2.58. The third-order valence-electron chi connectivity index (χ3n) is 7.70. The van der Waals surface area contributed by atoms with E-state index in [2.05, 4.69) is 34.1 Å². The van der Waals surface area contributed by atoms with Gasteiger partial charge >= 0.3 is 0 Å². The number of nitrogens with zero attached hydrogens (tertiary/aromatic N) is 3. The summed E-state index contributed by atoms with van der Waals surface area (Å²) < 4.78 is 0. The van der Waals surface area contributed by atoms with Crippen molar-refractivity contribution in [3.05, 3.63) is 69.2 Å². The fraction of sp³-hybridized carbons (Fsp3) is 0.481. The van der Waals surface area contributed by atoms with Crippen LogP contribution in [0.3, 0.4) is 0 Å². The van der Waals surface area contributed by atoms with Crippen LogP contribution in [0.4, 0.5) is 0 Å². The fourth-order valence-electron chi connectivity index (χ4n) is 5.84. The summed E-state index contributed by atoms with van der Waals surface area (Å²) in [6.07, 6.45) is 5.54. The summed E-state index contributed by atoms with van der Waals surface area (Å²) >= 11 is 12.3. The molecule has 2 aromatic rings. The van der Waals surface area contributed by atoms with E-state index in [0.717, 1.165) is 25.8 Å². The molecule has 2 fully saturated rings. The summed E-state index contributed by atoms with van der Waals surface area (Å²) in [5.74, 6) is 0.595. The lowest BCUT2D eigenvalue weighted by atomic mass is 9.92. The van der Waals surface area contributed by atoms with Gasteiger partial charge in [0.2, 0.25) is 5.91 Å². The molecule has 7 heteroatoms. The standard InChI is InChI=1S/C27H31Cl2N3O2/c28-22-9-10-23(24(29)17-22)26(33)31-15-13-30(14-16-31)25(20-6-2-3-7-20)27(34)32-12-11-19-5-1-4-8-21(19)18-32/h1,4-5,8-10,17,20,25H,2-3,6-7,11-16,18H2/t25-/m0/s1. The second-order valence-electron chi connectivity index (χ2n) is 9.72. The molecule has 2 heterocycles. The van der Waals surface area contributed by atoms with E-state index in [1.807, 2.05) is 4.90 Å². The number of benzene rings is 2. The second-order valence-corrected chi connectivity index (χ2v) is 10.6. The minimum Gasteiger partial charge on any atom is -0.337 e. The van der Waals surface area contributed by atoms with Gasteiger partial charge in [0, 0.05) is 44.3 Å². The van der Waals surface area contributed by atoms with Crippen LogP contribution in [0.25, 0.3) is 0 Å². The Morgan fingerprint density at radius 3 is 2.26 bits per heavy atom. The molecular formula is C27H31Cl2N3O2. The van der Waals surface area contributed by atoms with Crippen molar-refractivity contribution in [2.75, 3.05) is 32.7 Å². The van der Waals surface area contributed by atoms with Crippen LogP contribution < -0.4 is 0 Å². The Bertz CT molecular complexity index is 1060. The van der Waals surface area contributed by atoms with Gasteiger partial charge in [0.1, 0.15) is 0 Å². The highest BCUT2D eigenvalue weighted by Gasteiger charge is 2.40. The van der Waals surface area contributed by atoms with Crippen molar-refractivity contribution >= 4 is 35.0 Å². The first kappa shape index (κ1) is 23.7. The molecule has 5 nitrogen and oxygen atoms in total. The van der Waals surface area contributed by atoms with Gasteiger partial charge in [0.25, 0.3) is 5.91 Å². The minimum absolute atomic E-state index is 0.0716. The maximum Gasteiger partial charge on any atom is 0.255 e. The zero-order valence-corrected chi connectivity index (χ0v) is 20.9. The average molecular weight is 500 g/mol. The molecule has 180 valence electrons. The third kappa shape index (κ3) is 4.84. The van der Waals surface area contributed by atoms with Gasteiger partial charge in [-0.15, -0.1) is 0 Å². The number of amides is 2. The van der Waals surface area contributed by atoms with Crippen molar-refractivity contribution in [2.24, 2.45) is 5.92 Å². The van der Waals surface area contributed by atoms with Crippen LogP contribution in [0.2, 0.25) is 10.0 Å². The number of halogens is 2. The number of rotatable bonds is 4. The van der Waals surface area contributed by atoms with E-state index in [4.69, 9.17) is 23.2 Å². The lowest BCUT2D eigenvalue weighted by molar-refractivity contribution is -0.141. The van der Waals surface area contributed by atoms with Gasteiger partial charge in [0.05, 0.1) is 16.6 Å². The van der Waals surface area contributed by atoms with Crippen molar-refractivity contribution in [1.82, 2.24) is 14.7 Å². The molecule has 1 atom stereocenters. The maximum atomic E-state index is 13.9. The topological polar surface area (TPSA) is 43.9 Å². The highest BCUT2D eigenvalue weighted by atomic mass is 35.5. The highest BCUT2D eigenvalue weighted by Crippen LogP contribution is 2.33. The molecule has 1 aliphatic carbocycles. The molecular weight excluding hydrogens is 469 g/mol. The van der Waals surface area contributed by atoms with Gasteiger partial charge in [0.15, 0.2) is 0 Å². The molecule has 1 saturated heterocycles. The number of hydrogen-bond donors (Lipinski definition) is 0. The Labute approximate surface area is 211 Å². The zero-order valence-electron chi connectivity index (χ0n) is 19.4. The van der Waals surface area contributed by atoms with E-state index in [1.165, 1.54) is 24.0 Å². The smallest absolute Gasteiger partial charge is 0.255 e. The van der Waals surface area contributed by atoms with E-state index in [9.17, 15) is 9.59 Å². The average Bonchev–Trinajstić information content (AvgIpc) is 3.38. The minimum atomic E-state index is -0.0934. The van der Waals surface area contributed by atoms with Crippen molar-refractivity contribution in [1.29, 1.82) is 0 Å². The molecule has 1 saturated carbocycles. The number of fused-ring (bicyclic) bond motifs is 1. The van der Waals surface area contributed by atoms with Crippen LogP contribution in [0.15, 0.2) is 42.5 Å². The molecule has 0 spiro atoms. The van der Waals surface area contributed by atoms with Gasteiger partial charge in [-0.1, -0.05) is 60.3 Å². The molecule has 5 rings (SSSR count). The highest BCUT2D eigenvalue weighted by molar-refractivity contribution is 6.36. The quantitative estimate of drug-likeness (QED) is 0.600. The molecule has 2 aromatic carbocycles. The van der Waals surface area contributed by atoms with Crippen LogP contribution >= 0.6 is 23.2 Å². The van der Waals surface area contributed by atoms with E-state index in [-0.39, 0.29) is 17.9 Å². The van der Waals surface area contributed by atoms with Crippen molar-refractivity contribution in [2.45, 2.75) is 44.7 Å². The summed E-state index contributed by atoms with van der Waals surface area (Å²) in [6, 6.07) is 13.4. The first-order chi connectivity index (χ1) is 16.5. The molecule has 0 bridgehead atoms. The van der Waals surface area contributed by atoms with Gasteiger partial charge in [-0.05, 0) is 54.5 Å². The van der Waals surface area contributed by atoms with Gasteiger partial charge in [-0.3, -0.25) is 14.5 Å². The molecule has 0 radical (unpaired) electrons. The summed E-state index contributed by atoms with van der Waals surface area (Å²) in [6.45, 7) is 4.08. The molecule has 2 aliphatic heterocycles. The molecule has 0 N–H and O–H groups in total. The lowest BCUT2D eigenvalue weighted by Gasteiger charge is -2.43. The van der Waals surface area contributed by atoms with Crippen LogP contribution in [-0.2, 0) is 17.8 Å². The van der Waals surface area contributed by atoms with Crippen LogP contribution in [0.1, 0.15) is 47.2 Å². The second kappa shape index (κ2) is 10.3. The summed E-state index contributed by atoms with van der Waals surface area (Å²) in [5, 5.41) is 0.897. The van der Waals surface area contributed by atoms with Gasteiger partial charge in [-0.2, -0.15) is 0 Å². The van der Waals surface area contributed by atoms with Crippen LogP contribution in [-0.4, -0.2) is 65.3 Å². The zero-order chi connectivity index (χ0) is 23.7. The number of piperazine rings is 1. The van der Waals surface area contributed by atoms with Gasteiger partial charge < -0.3 is 9.80 Å². The van der Waals surface area contributed by atoms with E-state index >= 15 is 0 Å². The van der Waals surface area contributed by atoms with Crippen molar-refractivity contribution in [3.8, 4) is 0 Å². The molecule has 0 unspecified atom stereocenters. The van der Waals surface area contributed by atoms with E-state index in [1.54, 1.807) is 18.2 Å². The molecule has 0 aromatic heterocycles. The number of hydrogen-bond acceptors (Lipinski definition) is 3. The molecule has 34 heavy (non-hydrogen) atoms. The third-order valence-corrected chi connectivity index (χ3v) is 8.25. The van der Waals surface area contributed by atoms with E-state index in [0.29, 0.717) is 54.3 Å². The summed E-state index contributed by atoms with van der Waals surface area (Å²) in [5.41, 5.74) is 3.11. The Morgan fingerprint density at radius 1 is 0.853 bits per heavy atom. The molecule has 2 amide bonds. The maximum absolute atomic E-state index is 13.9. The predicted molar refractivity (Wildman–Crippen MR) is 135 cm³/mol. The first-order valence-corrected chi connectivity index (χ1v) is 13.1. The summed E-state index contributed by atoms with van der Waals surface area (Å²) in [7, 11) is 0. The van der Waals surface area contributed by atoms with Crippen molar-refractivity contribution < 1.29 is 9.59 Å². The predicted octanol–water partition coefficient (Wildman–Crippen LogP) is 4.89. The monoisotopic (exact) mass is 499 g/mol. The Balaban J connectivity index is 1.28. The Kier molecular flexibility index (Phi) is 7.14. The first-order valence-electron chi connectivity index (χ1n) is 12.3. The Hall–Kier alpha value is -2.08. The fourth-order valence-corrected chi connectivity index (χ4v) is 6.33. The van der Waals surface area contributed by atoms with Crippen LogP contribution in [0, 0.1) is 5.92 Å².